The number of amides is 1. The Bertz CT molecular complexity index is 946. The van der Waals surface area contributed by atoms with Crippen LogP contribution < -0.4 is 5.43 Å². The molecule has 0 saturated carbocycles. The van der Waals surface area contributed by atoms with Crippen molar-refractivity contribution in [3.63, 3.8) is 0 Å². The Morgan fingerprint density at radius 2 is 1.88 bits per heavy atom. The zero-order valence-corrected chi connectivity index (χ0v) is 13.6. The molecule has 0 atom stereocenters. The smallest absolute Gasteiger partial charge is 0.271 e. The van der Waals surface area contributed by atoms with Crippen LogP contribution in [0.1, 0.15) is 21.6 Å². The number of aromatic hydroxyl groups is 2. The monoisotopic (exact) mass is 353 g/mol. The van der Waals surface area contributed by atoms with Crippen molar-refractivity contribution in [2.24, 2.45) is 5.10 Å². The van der Waals surface area contributed by atoms with Crippen molar-refractivity contribution in [2.75, 3.05) is 0 Å². The van der Waals surface area contributed by atoms with Gasteiger partial charge in [-0.3, -0.25) is 4.79 Å². The highest BCUT2D eigenvalue weighted by Gasteiger charge is 2.07. The zero-order chi connectivity index (χ0) is 18.5. The molecule has 26 heavy (non-hydrogen) atoms. The molecule has 0 spiro atoms. The van der Waals surface area contributed by atoms with Crippen LogP contribution in [0, 0.1) is 5.82 Å². The minimum Gasteiger partial charge on any atom is -0.508 e. The van der Waals surface area contributed by atoms with E-state index in [9.17, 15) is 19.4 Å². The Hall–Kier alpha value is -3.61. The third-order valence-corrected chi connectivity index (χ3v) is 3.63. The van der Waals surface area contributed by atoms with Crippen molar-refractivity contribution < 1.29 is 19.4 Å². The summed E-state index contributed by atoms with van der Waals surface area (Å²) in [7, 11) is 0. The van der Waals surface area contributed by atoms with E-state index in [4.69, 9.17) is 0 Å². The van der Waals surface area contributed by atoms with E-state index in [1.807, 2.05) is 22.9 Å². The Morgan fingerprint density at radius 1 is 1.12 bits per heavy atom. The largest absolute Gasteiger partial charge is 0.508 e. The number of nitrogens with zero attached hydrogens (tertiary/aromatic N) is 2. The second kappa shape index (κ2) is 7.52. The molecule has 0 aliphatic heterocycles. The molecule has 3 rings (SSSR count). The topological polar surface area (TPSA) is 86.9 Å². The van der Waals surface area contributed by atoms with Gasteiger partial charge in [0.25, 0.3) is 5.91 Å². The van der Waals surface area contributed by atoms with Gasteiger partial charge in [0, 0.05) is 24.4 Å². The van der Waals surface area contributed by atoms with Crippen molar-refractivity contribution in [1.82, 2.24) is 9.99 Å². The highest BCUT2D eigenvalue weighted by atomic mass is 19.1. The molecule has 2 aromatic carbocycles. The summed E-state index contributed by atoms with van der Waals surface area (Å²) >= 11 is 0. The lowest BCUT2D eigenvalue weighted by molar-refractivity contribution is 0.0954. The maximum Gasteiger partial charge on any atom is 0.271 e. The molecule has 132 valence electrons. The predicted octanol–water partition coefficient (Wildman–Crippen LogP) is 2.85. The Labute approximate surface area is 148 Å². The van der Waals surface area contributed by atoms with E-state index in [0.717, 1.165) is 11.6 Å². The Morgan fingerprint density at radius 3 is 2.62 bits per heavy atom. The quantitative estimate of drug-likeness (QED) is 0.487. The lowest BCUT2D eigenvalue weighted by Gasteiger charge is -2.07. The van der Waals surface area contributed by atoms with Crippen LogP contribution in [0.5, 0.6) is 11.5 Å². The molecule has 0 saturated heterocycles. The number of hydrogen-bond acceptors (Lipinski definition) is 4. The Kier molecular flexibility index (Phi) is 4.98. The van der Waals surface area contributed by atoms with E-state index in [1.165, 1.54) is 30.5 Å². The fourth-order valence-corrected chi connectivity index (χ4v) is 2.47. The van der Waals surface area contributed by atoms with Crippen LogP contribution in [-0.4, -0.2) is 26.9 Å². The normalized spacial score (nSPS) is 11.0. The lowest BCUT2D eigenvalue weighted by atomic mass is 10.2. The summed E-state index contributed by atoms with van der Waals surface area (Å²) < 4.78 is 15.1. The van der Waals surface area contributed by atoms with Crippen LogP contribution in [0.2, 0.25) is 0 Å². The van der Waals surface area contributed by atoms with Crippen molar-refractivity contribution in [3.8, 4) is 11.5 Å². The highest BCUT2D eigenvalue weighted by molar-refractivity contribution is 5.95. The minimum atomic E-state index is -0.573. The van der Waals surface area contributed by atoms with Gasteiger partial charge in [-0.05, 0) is 42.0 Å². The summed E-state index contributed by atoms with van der Waals surface area (Å²) in [5, 5.41) is 22.7. The van der Waals surface area contributed by atoms with Gasteiger partial charge in [-0.25, -0.2) is 9.82 Å². The lowest BCUT2D eigenvalue weighted by Crippen LogP contribution is -2.17. The van der Waals surface area contributed by atoms with Crippen LogP contribution in [-0.2, 0) is 6.54 Å². The number of hydrogen-bond donors (Lipinski definition) is 3. The molecular weight excluding hydrogens is 337 g/mol. The number of nitrogens with one attached hydrogen (secondary N) is 1. The summed E-state index contributed by atoms with van der Waals surface area (Å²) in [6.07, 6.45) is 3.28. The number of benzene rings is 2. The average molecular weight is 353 g/mol. The van der Waals surface area contributed by atoms with Gasteiger partial charge < -0.3 is 14.8 Å². The molecule has 3 N–H and O–H groups in total. The van der Waals surface area contributed by atoms with E-state index >= 15 is 0 Å². The number of aromatic nitrogens is 1. The molecule has 3 aromatic rings. The maximum absolute atomic E-state index is 13.3. The fraction of sp³-hybridized carbons (Fsp3) is 0.0526. The minimum absolute atomic E-state index is 0.0785. The molecule has 0 unspecified atom stereocenters. The van der Waals surface area contributed by atoms with E-state index in [-0.39, 0.29) is 22.9 Å². The molecule has 1 amide bonds. The second-order valence-electron chi connectivity index (χ2n) is 5.63. The molecule has 0 bridgehead atoms. The van der Waals surface area contributed by atoms with E-state index < -0.39 is 5.91 Å². The Balaban J connectivity index is 1.68. The summed E-state index contributed by atoms with van der Waals surface area (Å²) in [6, 6.07) is 13.5. The number of phenolic OH excluding ortho intramolecular Hbond substituents is 2. The number of carbonyl (C=O) groups is 1. The maximum atomic E-state index is 13.3. The van der Waals surface area contributed by atoms with Gasteiger partial charge >= 0.3 is 0 Å². The SMILES string of the molecule is O=C(N/N=C/c1cccn1Cc1cccc(F)c1)c1cc(O)cc(O)c1. The van der Waals surface area contributed by atoms with Gasteiger partial charge in [0.2, 0.25) is 0 Å². The van der Waals surface area contributed by atoms with Crippen molar-refractivity contribution in [3.05, 3.63) is 83.4 Å². The standard InChI is InChI=1S/C19H16FN3O3/c20-15-4-1-3-13(7-15)12-23-6-2-5-16(23)11-21-22-19(26)14-8-17(24)10-18(25)9-14/h1-11,24-25H,12H2,(H,22,26)/b21-11+. The zero-order valence-electron chi connectivity index (χ0n) is 13.6. The van der Waals surface area contributed by atoms with Crippen LogP contribution >= 0.6 is 0 Å². The molecule has 0 fully saturated rings. The molecule has 1 heterocycles. The first-order chi connectivity index (χ1) is 12.5. The van der Waals surface area contributed by atoms with Crippen molar-refractivity contribution in [1.29, 1.82) is 0 Å². The number of halogens is 1. The molecule has 0 radical (unpaired) electrons. The summed E-state index contributed by atoms with van der Waals surface area (Å²) in [6.45, 7) is 0.459. The van der Waals surface area contributed by atoms with Gasteiger partial charge in [-0.2, -0.15) is 5.10 Å². The third-order valence-electron chi connectivity index (χ3n) is 3.63. The molecule has 0 aliphatic rings. The molecule has 0 aliphatic carbocycles. The highest BCUT2D eigenvalue weighted by Crippen LogP contribution is 2.20. The summed E-state index contributed by atoms with van der Waals surface area (Å²) in [5.41, 5.74) is 3.92. The predicted molar refractivity (Wildman–Crippen MR) is 94.8 cm³/mol. The van der Waals surface area contributed by atoms with Crippen LogP contribution in [0.3, 0.4) is 0 Å². The van der Waals surface area contributed by atoms with Crippen LogP contribution in [0.25, 0.3) is 0 Å². The molecular formula is C19H16FN3O3. The van der Waals surface area contributed by atoms with Crippen molar-refractivity contribution >= 4 is 12.1 Å². The van der Waals surface area contributed by atoms with Crippen LogP contribution in [0.15, 0.2) is 65.9 Å². The van der Waals surface area contributed by atoms with Gasteiger partial charge in [0.05, 0.1) is 11.9 Å². The van der Waals surface area contributed by atoms with E-state index in [2.05, 4.69) is 10.5 Å². The molecule has 6 nitrogen and oxygen atoms in total. The van der Waals surface area contributed by atoms with Gasteiger partial charge in [-0.1, -0.05) is 12.1 Å². The number of hydrazone groups is 1. The fourth-order valence-electron chi connectivity index (χ4n) is 2.47. The second-order valence-corrected chi connectivity index (χ2v) is 5.63. The first kappa shape index (κ1) is 17.2. The first-order valence-electron chi connectivity index (χ1n) is 7.77. The molecule has 1 aromatic heterocycles. The van der Waals surface area contributed by atoms with Crippen molar-refractivity contribution in [2.45, 2.75) is 6.54 Å². The number of rotatable bonds is 5. The number of carbonyl (C=O) groups excluding carboxylic acids is 1. The first-order valence-corrected chi connectivity index (χ1v) is 7.77. The van der Waals surface area contributed by atoms with Gasteiger partial charge in [-0.15, -0.1) is 0 Å². The van der Waals surface area contributed by atoms with Gasteiger partial charge in [0.15, 0.2) is 0 Å². The van der Waals surface area contributed by atoms with Gasteiger partial charge in [0.1, 0.15) is 17.3 Å². The average Bonchev–Trinajstić information content (AvgIpc) is 3.01. The van der Waals surface area contributed by atoms with E-state index in [1.54, 1.807) is 12.1 Å². The third kappa shape index (κ3) is 4.27. The van der Waals surface area contributed by atoms with E-state index in [0.29, 0.717) is 12.2 Å². The summed E-state index contributed by atoms with van der Waals surface area (Å²) in [4.78, 5) is 12.0. The van der Waals surface area contributed by atoms with Crippen LogP contribution in [0.4, 0.5) is 4.39 Å². The molecule has 7 heteroatoms. The summed E-state index contributed by atoms with van der Waals surface area (Å²) in [5.74, 6) is -1.31. The number of phenols is 2.